The highest BCUT2D eigenvalue weighted by atomic mass is 16.6. The van der Waals surface area contributed by atoms with E-state index < -0.39 is 16.9 Å². The monoisotopic (exact) mass is 300 g/mol. The number of nitrogens with one attached hydrogen (secondary N) is 1. The zero-order chi connectivity index (χ0) is 15.9. The zero-order valence-corrected chi connectivity index (χ0v) is 11.8. The summed E-state index contributed by atoms with van der Waals surface area (Å²) in [5.74, 6) is -0.523. The number of carbonyl (C=O) groups excluding carboxylic acids is 1. The molecule has 1 atom stereocenters. The molecule has 0 bridgehead atoms. The van der Waals surface area contributed by atoms with Crippen molar-refractivity contribution in [2.75, 3.05) is 6.54 Å². The molecule has 0 saturated carbocycles. The Hall–Kier alpha value is -2.73. The van der Waals surface area contributed by atoms with Gasteiger partial charge in [0.1, 0.15) is 0 Å². The molecule has 114 valence electrons. The van der Waals surface area contributed by atoms with Crippen molar-refractivity contribution in [2.24, 2.45) is 0 Å². The summed E-state index contributed by atoms with van der Waals surface area (Å²) < 4.78 is 0. The van der Waals surface area contributed by atoms with Crippen molar-refractivity contribution in [3.63, 3.8) is 0 Å². The summed E-state index contributed by atoms with van der Waals surface area (Å²) in [6.07, 6.45) is -0.920. The van der Waals surface area contributed by atoms with Gasteiger partial charge in [-0.25, -0.2) is 0 Å². The molecular formula is C16H16N2O4. The Labute approximate surface area is 127 Å². The molecular weight excluding hydrogens is 284 g/mol. The van der Waals surface area contributed by atoms with Crippen molar-refractivity contribution in [3.05, 3.63) is 75.8 Å². The minimum atomic E-state index is -1.24. The Morgan fingerprint density at radius 1 is 1.14 bits per heavy atom. The second kappa shape index (κ2) is 7.33. The second-order valence-corrected chi connectivity index (χ2v) is 4.74. The summed E-state index contributed by atoms with van der Waals surface area (Å²) in [6.45, 7) is 0.216. The molecule has 2 aromatic carbocycles. The Kier molecular flexibility index (Phi) is 5.21. The van der Waals surface area contributed by atoms with Gasteiger partial charge in [-0.1, -0.05) is 48.5 Å². The van der Waals surface area contributed by atoms with Crippen LogP contribution in [-0.2, 0) is 11.2 Å². The van der Waals surface area contributed by atoms with Crippen molar-refractivity contribution in [3.8, 4) is 0 Å². The summed E-state index contributed by atoms with van der Waals surface area (Å²) in [6, 6.07) is 15.0. The van der Waals surface area contributed by atoms with Crippen molar-refractivity contribution in [1.82, 2.24) is 5.32 Å². The van der Waals surface area contributed by atoms with Crippen LogP contribution in [0.15, 0.2) is 54.6 Å². The van der Waals surface area contributed by atoms with Crippen molar-refractivity contribution < 1.29 is 14.8 Å². The van der Waals surface area contributed by atoms with Gasteiger partial charge in [0.15, 0.2) is 6.10 Å². The van der Waals surface area contributed by atoms with Gasteiger partial charge in [0, 0.05) is 18.2 Å². The summed E-state index contributed by atoms with van der Waals surface area (Å²) in [5.41, 5.74) is 1.08. The lowest BCUT2D eigenvalue weighted by Gasteiger charge is -2.11. The van der Waals surface area contributed by atoms with Crippen molar-refractivity contribution >= 4 is 11.6 Å². The van der Waals surface area contributed by atoms with Gasteiger partial charge in [-0.2, -0.15) is 0 Å². The number of nitro benzene ring substituents is 1. The van der Waals surface area contributed by atoms with Gasteiger partial charge in [-0.15, -0.1) is 0 Å². The van der Waals surface area contributed by atoms with Crippen LogP contribution in [0.2, 0.25) is 0 Å². The van der Waals surface area contributed by atoms with E-state index in [1.54, 1.807) is 48.5 Å². The molecule has 0 fully saturated rings. The van der Waals surface area contributed by atoms with Gasteiger partial charge in [0.25, 0.3) is 11.6 Å². The number of hydrogen-bond donors (Lipinski definition) is 2. The fourth-order valence-corrected chi connectivity index (χ4v) is 2.10. The van der Waals surface area contributed by atoms with Gasteiger partial charge in [-0.05, 0) is 12.0 Å². The number of aliphatic hydroxyl groups excluding tert-OH is 1. The number of carbonyl (C=O) groups is 1. The van der Waals surface area contributed by atoms with Gasteiger partial charge in [0.05, 0.1) is 4.92 Å². The Morgan fingerprint density at radius 3 is 2.45 bits per heavy atom. The molecule has 0 saturated heterocycles. The molecule has 0 aliphatic carbocycles. The molecule has 2 rings (SSSR count). The SMILES string of the molecule is O=C(NCCc1ccccc1[N+](=O)[O-])C(O)c1ccccc1. The first-order valence-electron chi connectivity index (χ1n) is 6.82. The molecule has 2 aromatic rings. The van der Waals surface area contributed by atoms with E-state index in [0.717, 1.165) is 0 Å². The number of para-hydroxylation sites is 1. The van der Waals surface area contributed by atoms with E-state index >= 15 is 0 Å². The zero-order valence-electron chi connectivity index (χ0n) is 11.8. The van der Waals surface area contributed by atoms with Crippen LogP contribution < -0.4 is 5.32 Å². The van der Waals surface area contributed by atoms with E-state index in [4.69, 9.17) is 0 Å². The van der Waals surface area contributed by atoms with Crippen LogP contribution >= 0.6 is 0 Å². The van der Waals surface area contributed by atoms with Gasteiger partial charge < -0.3 is 10.4 Å². The molecule has 0 heterocycles. The predicted molar refractivity (Wildman–Crippen MR) is 81.2 cm³/mol. The Bertz CT molecular complexity index is 658. The first-order chi connectivity index (χ1) is 10.6. The molecule has 0 aliphatic heterocycles. The van der Waals surface area contributed by atoms with E-state index in [1.165, 1.54) is 6.07 Å². The van der Waals surface area contributed by atoms with E-state index in [0.29, 0.717) is 17.5 Å². The fraction of sp³-hybridized carbons (Fsp3) is 0.188. The van der Waals surface area contributed by atoms with Crippen LogP contribution in [0.3, 0.4) is 0 Å². The third kappa shape index (κ3) is 3.89. The number of nitro groups is 1. The van der Waals surface area contributed by atoms with Crippen LogP contribution in [0.1, 0.15) is 17.2 Å². The number of nitrogens with zero attached hydrogens (tertiary/aromatic N) is 1. The average Bonchev–Trinajstić information content (AvgIpc) is 2.55. The first kappa shape index (κ1) is 15.7. The number of benzene rings is 2. The number of amides is 1. The first-order valence-corrected chi connectivity index (χ1v) is 6.82. The normalized spacial score (nSPS) is 11.7. The molecule has 6 nitrogen and oxygen atoms in total. The topological polar surface area (TPSA) is 92.5 Å². The summed E-state index contributed by atoms with van der Waals surface area (Å²) in [4.78, 5) is 22.3. The van der Waals surface area contributed by atoms with Crippen LogP contribution in [-0.4, -0.2) is 22.5 Å². The maximum absolute atomic E-state index is 11.9. The number of rotatable bonds is 6. The molecule has 0 spiro atoms. The van der Waals surface area contributed by atoms with Gasteiger partial charge in [0.2, 0.25) is 0 Å². The molecule has 0 radical (unpaired) electrons. The highest BCUT2D eigenvalue weighted by Crippen LogP contribution is 2.18. The number of aliphatic hydroxyl groups is 1. The summed E-state index contributed by atoms with van der Waals surface area (Å²) >= 11 is 0. The Morgan fingerprint density at radius 2 is 1.77 bits per heavy atom. The Balaban J connectivity index is 1.91. The molecule has 6 heteroatoms. The minimum absolute atomic E-state index is 0.0281. The molecule has 1 unspecified atom stereocenters. The van der Waals surface area contributed by atoms with E-state index in [9.17, 15) is 20.0 Å². The van der Waals surface area contributed by atoms with Crippen LogP contribution in [0.4, 0.5) is 5.69 Å². The van der Waals surface area contributed by atoms with E-state index in [1.807, 2.05) is 0 Å². The highest BCUT2D eigenvalue weighted by molar-refractivity contribution is 5.81. The molecule has 2 N–H and O–H groups in total. The number of hydrogen-bond acceptors (Lipinski definition) is 4. The highest BCUT2D eigenvalue weighted by Gasteiger charge is 2.17. The maximum atomic E-state index is 11.9. The largest absolute Gasteiger partial charge is 0.378 e. The lowest BCUT2D eigenvalue weighted by Crippen LogP contribution is -2.31. The van der Waals surface area contributed by atoms with E-state index in [-0.39, 0.29) is 12.2 Å². The predicted octanol–water partition coefficient (Wildman–Crippen LogP) is 1.99. The lowest BCUT2D eigenvalue weighted by atomic mass is 10.1. The average molecular weight is 300 g/mol. The van der Waals surface area contributed by atoms with Gasteiger partial charge >= 0.3 is 0 Å². The summed E-state index contributed by atoms with van der Waals surface area (Å²) in [7, 11) is 0. The molecule has 0 aliphatic rings. The van der Waals surface area contributed by atoms with Gasteiger partial charge in [-0.3, -0.25) is 14.9 Å². The van der Waals surface area contributed by atoms with Crippen molar-refractivity contribution in [1.29, 1.82) is 0 Å². The smallest absolute Gasteiger partial charge is 0.272 e. The quantitative estimate of drug-likeness (QED) is 0.630. The molecule has 0 aromatic heterocycles. The second-order valence-electron chi connectivity index (χ2n) is 4.74. The third-order valence-corrected chi connectivity index (χ3v) is 3.25. The fourth-order valence-electron chi connectivity index (χ4n) is 2.10. The lowest BCUT2D eigenvalue weighted by molar-refractivity contribution is -0.385. The van der Waals surface area contributed by atoms with Crippen LogP contribution in [0, 0.1) is 10.1 Å². The summed E-state index contributed by atoms with van der Waals surface area (Å²) in [5, 5.41) is 23.4. The van der Waals surface area contributed by atoms with Crippen LogP contribution in [0.5, 0.6) is 0 Å². The molecule has 22 heavy (non-hydrogen) atoms. The minimum Gasteiger partial charge on any atom is -0.378 e. The van der Waals surface area contributed by atoms with E-state index in [2.05, 4.69) is 5.32 Å². The molecule has 1 amide bonds. The standard InChI is InChI=1S/C16H16N2O4/c19-15(13-7-2-1-3-8-13)16(20)17-11-10-12-6-4-5-9-14(12)18(21)22/h1-9,15,19H,10-11H2,(H,17,20). The third-order valence-electron chi connectivity index (χ3n) is 3.25. The maximum Gasteiger partial charge on any atom is 0.272 e. The van der Waals surface area contributed by atoms with Crippen molar-refractivity contribution in [2.45, 2.75) is 12.5 Å². The van der Waals surface area contributed by atoms with Crippen LogP contribution in [0.25, 0.3) is 0 Å².